The molecule has 0 spiro atoms. The van der Waals surface area contributed by atoms with E-state index in [4.69, 9.17) is 14.9 Å². The standard InChI is InChI=1S/C14H18FNO3/c1-18-9-14(17,5-2-6-16)13-8-10-7-11(15)3-4-12(10)19-13/h3-4,7-8,17H,2,5-6,9,16H2,1H3. The van der Waals surface area contributed by atoms with E-state index in [1.165, 1.54) is 19.2 Å². The lowest BCUT2D eigenvalue weighted by Crippen LogP contribution is -2.31. The van der Waals surface area contributed by atoms with Crippen LogP contribution in [0, 0.1) is 5.82 Å². The molecule has 0 saturated heterocycles. The number of ether oxygens (including phenoxy) is 1. The molecule has 1 aromatic heterocycles. The fourth-order valence-electron chi connectivity index (χ4n) is 2.14. The van der Waals surface area contributed by atoms with Crippen molar-refractivity contribution in [2.45, 2.75) is 18.4 Å². The van der Waals surface area contributed by atoms with E-state index in [0.29, 0.717) is 36.1 Å². The Hall–Kier alpha value is -1.43. The smallest absolute Gasteiger partial charge is 0.145 e. The van der Waals surface area contributed by atoms with Gasteiger partial charge in [0.25, 0.3) is 0 Å². The van der Waals surface area contributed by atoms with Gasteiger partial charge in [0.15, 0.2) is 0 Å². The van der Waals surface area contributed by atoms with Crippen molar-refractivity contribution in [1.82, 2.24) is 0 Å². The lowest BCUT2D eigenvalue weighted by Gasteiger charge is -2.24. The number of hydrogen-bond donors (Lipinski definition) is 2. The second-order valence-corrected chi connectivity index (χ2v) is 4.65. The minimum absolute atomic E-state index is 0.106. The first-order valence-electron chi connectivity index (χ1n) is 6.20. The van der Waals surface area contributed by atoms with E-state index in [1.807, 2.05) is 0 Å². The maximum atomic E-state index is 13.1. The van der Waals surface area contributed by atoms with Gasteiger partial charge in [-0.05, 0) is 43.7 Å². The minimum atomic E-state index is -1.23. The topological polar surface area (TPSA) is 68.6 Å². The molecule has 5 heteroatoms. The van der Waals surface area contributed by atoms with Crippen LogP contribution in [0.4, 0.5) is 4.39 Å². The molecule has 0 amide bonds. The Morgan fingerprint density at radius 2 is 2.21 bits per heavy atom. The van der Waals surface area contributed by atoms with Crippen LogP contribution >= 0.6 is 0 Å². The molecule has 0 aliphatic heterocycles. The van der Waals surface area contributed by atoms with Crippen LogP contribution in [0.5, 0.6) is 0 Å². The molecule has 1 atom stereocenters. The van der Waals surface area contributed by atoms with Crippen LogP contribution < -0.4 is 5.73 Å². The van der Waals surface area contributed by atoms with E-state index in [-0.39, 0.29) is 12.4 Å². The van der Waals surface area contributed by atoms with Crippen LogP contribution in [0.25, 0.3) is 11.0 Å². The summed E-state index contributed by atoms with van der Waals surface area (Å²) in [6, 6.07) is 5.89. The van der Waals surface area contributed by atoms with Crippen LogP contribution in [0.3, 0.4) is 0 Å². The minimum Gasteiger partial charge on any atom is -0.458 e. The van der Waals surface area contributed by atoms with Crippen LogP contribution in [0.2, 0.25) is 0 Å². The van der Waals surface area contributed by atoms with E-state index >= 15 is 0 Å². The Labute approximate surface area is 111 Å². The number of benzene rings is 1. The third-order valence-corrected chi connectivity index (χ3v) is 3.11. The predicted octanol–water partition coefficient (Wildman–Crippen LogP) is 2.14. The average molecular weight is 267 g/mol. The van der Waals surface area contributed by atoms with Crippen LogP contribution in [0.15, 0.2) is 28.7 Å². The van der Waals surface area contributed by atoms with Crippen molar-refractivity contribution < 1.29 is 18.7 Å². The zero-order chi connectivity index (χ0) is 13.9. The highest BCUT2D eigenvalue weighted by Crippen LogP contribution is 2.32. The maximum Gasteiger partial charge on any atom is 0.145 e. The molecule has 1 heterocycles. The molecule has 0 saturated carbocycles. The summed E-state index contributed by atoms with van der Waals surface area (Å²) < 4.78 is 23.8. The zero-order valence-electron chi connectivity index (χ0n) is 10.9. The second-order valence-electron chi connectivity index (χ2n) is 4.65. The normalized spacial score (nSPS) is 14.7. The summed E-state index contributed by atoms with van der Waals surface area (Å²) in [5.74, 6) is 0.0421. The van der Waals surface area contributed by atoms with Gasteiger partial charge in [0, 0.05) is 12.5 Å². The number of rotatable bonds is 6. The Bertz CT molecular complexity index is 555. The van der Waals surface area contributed by atoms with Crippen molar-refractivity contribution in [3.63, 3.8) is 0 Å². The van der Waals surface area contributed by atoms with Crippen molar-refractivity contribution in [3.05, 3.63) is 35.8 Å². The number of aliphatic hydroxyl groups is 1. The molecule has 2 aromatic rings. The molecule has 3 N–H and O–H groups in total. The Morgan fingerprint density at radius 3 is 2.89 bits per heavy atom. The summed E-state index contributed by atoms with van der Waals surface area (Å²) in [5.41, 5.74) is 4.78. The number of methoxy groups -OCH3 is 1. The molecule has 0 bridgehead atoms. The van der Waals surface area contributed by atoms with Gasteiger partial charge in [-0.15, -0.1) is 0 Å². The zero-order valence-corrected chi connectivity index (χ0v) is 10.9. The van der Waals surface area contributed by atoms with Gasteiger partial charge in [0.05, 0.1) is 6.61 Å². The molecule has 0 radical (unpaired) electrons. The molecule has 1 unspecified atom stereocenters. The number of nitrogens with two attached hydrogens (primary N) is 1. The number of fused-ring (bicyclic) bond motifs is 1. The molecular formula is C14H18FNO3. The van der Waals surface area contributed by atoms with E-state index in [9.17, 15) is 9.50 Å². The van der Waals surface area contributed by atoms with Gasteiger partial charge in [0.1, 0.15) is 22.8 Å². The monoisotopic (exact) mass is 267 g/mol. The van der Waals surface area contributed by atoms with Gasteiger partial charge < -0.3 is 20.0 Å². The van der Waals surface area contributed by atoms with Crippen molar-refractivity contribution >= 4 is 11.0 Å². The molecule has 2 rings (SSSR count). The summed E-state index contributed by atoms with van der Waals surface area (Å²) in [4.78, 5) is 0. The highest BCUT2D eigenvalue weighted by atomic mass is 19.1. The second kappa shape index (κ2) is 5.69. The van der Waals surface area contributed by atoms with Gasteiger partial charge in [-0.25, -0.2) is 4.39 Å². The molecular weight excluding hydrogens is 249 g/mol. The maximum absolute atomic E-state index is 13.1. The summed E-state index contributed by atoms with van der Waals surface area (Å²) in [7, 11) is 1.51. The lowest BCUT2D eigenvalue weighted by atomic mass is 9.95. The fourth-order valence-corrected chi connectivity index (χ4v) is 2.14. The highest BCUT2D eigenvalue weighted by Gasteiger charge is 2.32. The Balaban J connectivity index is 2.38. The first kappa shape index (κ1) is 14.0. The van der Waals surface area contributed by atoms with Crippen molar-refractivity contribution in [2.75, 3.05) is 20.3 Å². The quantitative estimate of drug-likeness (QED) is 0.841. The van der Waals surface area contributed by atoms with E-state index in [2.05, 4.69) is 0 Å². The Kier molecular flexibility index (Phi) is 4.19. The Morgan fingerprint density at radius 1 is 1.42 bits per heavy atom. The number of furan rings is 1. The van der Waals surface area contributed by atoms with E-state index in [0.717, 1.165) is 0 Å². The predicted molar refractivity (Wildman–Crippen MR) is 70.2 cm³/mol. The SMILES string of the molecule is COCC(O)(CCCN)c1cc2cc(F)ccc2o1. The highest BCUT2D eigenvalue weighted by molar-refractivity contribution is 5.78. The van der Waals surface area contributed by atoms with E-state index < -0.39 is 5.60 Å². The average Bonchev–Trinajstić information content (AvgIpc) is 2.80. The summed E-state index contributed by atoms with van der Waals surface area (Å²) in [6.07, 6.45) is 1.07. The molecule has 19 heavy (non-hydrogen) atoms. The first-order valence-corrected chi connectivity index (χ1v) is 6.20. The number of halogens is 1. The van der Waals surface area contributed by atoms with Crippen molar-refractivity contribution in [2.24, 2.45) is 5.73 Å². The summed E-state index contributed by atoms with van der Waals surface area (Å²) in [5, 5.41) is 11.2. The fraction of sp³-hybridized carbons (Fsp3) is 0.429. The molecule has 0 aliphatic rings. The third-order valence-electron chi connectivity index (χ3n) is 3.11. The molecule has 4 nitrogen and oxygen atoms in total. The summed E-state index contributed by atoms with van der Waals surface area (Å²) >= 11 is 0. The van der Waals surface area contributed by atoms with Crippen LogP contribution in [-0.2, 0) is 10.3 Å². The van der Waals surface area contributed by atoms with Crippen LogP contribution in [-0.4, -0.2) is 25.4 Å². The van der Waals surface area contributed by atoms with Gasteiger partial charge in [-0.3, -0.25) is 0 Å². The molecule has 1 aromatic carbocycles. The largest absolute Gasteiger partial charge is 0.458 e. The van der Waals surface area contributed by atoms with E-state index in [1.54, 1.807) is 12.1 Å². The molecule has 104 valence electrons. The van der Waals surface area contributed by atoms with Crippen LogP contribution in [0.1, 0.15) is 18.6 Å². The number of hydrogen-bond acceptors (Lipinski definition) is 4. The first-order chi connectivity index (χ1) is 9.09. The molecule has 0 fully saturated rings. The third kappa shape index (κ3) is 2.94. The van der Waals surface area contributed by atoms with Crippen molar-refractivity contribution in [1.29, 1.82) is 0 Å². The molecule has 0 aliphatic carbocycles. The van der Waals surface area contributed by atoms with Crippen molar-refractivity contribution in [3.8, 4) is 0 Å². The van der Waals surface area contributed by atoms with Gasteiger partial charge in [-0.2, -0.15) is 0 Å². The lowest BCUT2D eigenvalue weighted by molar-refractivity contribution is -0.0567. The van der Waals surface area contributed by atoms with Gasteiger partial charge in [-0.1, -0.05) is 0 Å². The van der Waals surface area contributed by atoms with Gasteiger partial charge >= 0.3 is 0 Å². The van der Waals surface area contributed by atoms with Gasteiger partial charge in [0.2, 0.25) is 0 Å². The summed E-state index contributed by atoms with van der Waals surface area (Å²) in [6.45, 7) is 0.580.